The van der Waals surface area contributed by atoms with E-state index in [1.807, 2.05) is 24.3 Å². The molecular weight excluding hydrogens is 274 g/mol. The van der Waals surface area contributed by atoms with Crippen molar-refractivity contribution < 1.29 is 9.47 Å². The van der Waals surface area contributed by atoms with Gasteiger partial charge in [-0.3, -0.25) is 4.90 Å². The van der Waals surface area contributed by atoms with Crippen molar-refractivity contribution in [1.82, 2.24) is 4.90 Å². The molecule has 1 saturated heterocycles. The molecule has 4 heteroatoms. The Morgan fingerprint density at radius 3 is 2.65 bits per heavy atom. The molecule has 0 N–H and O–H groups in total. The van der Waals surface area contributed by atoms with Crippen LogP contribution in [0.15, 0.2) is 24.3 Å². The van der Waals surface area contributed by atoms with Gasteiger partial charge >= 0.3 is 0 Å². The quantitative estimate of drug-likeness (QED) is 0.718. The third-order valence-electron chi connectivity index (χ3n) is 3.90. The van der Waals surface area contributed by atoms with Crippen LogP contribution < -0.4 is 9.47 Å². The highest BCUT2D eigenvalue weighted by Crippen LogP contribution is 2.20. The van der Waals surface area contributed by atoms with Crippen LogP contribution in [0.3, 0.4) is 0 Å². The Balaban J connectivity index is 1.75. The molecule has 1 aliphatic rings. The minimum absolute atomic E-state index is 0.640. The molecule has 112 valence electrons. The number of piperidine rings is 1. The molecule has 20 heavy (non-hydrogen) atoms. The SMILES string of the molecule is COc1ccc(OCCN2CCCCC2CCCl)cc1. The molecule has 3 nitrogen and oxygen atoms in total. The lowest BCUT2D eigenvalue weighted by Crippen LogP contribution is -2.42. The summed E-state index contributed by atoms with van der Waals surface area (Å²) in [5, 5.41) is 0. The fraction of sp³-hybridized carbons (Fsp3) is 0.625. The minimum Gasteiger partial charge on any atom is -0.497 e. The molecule has 1 fully saturated rings. The summed E-state index contributed by atoms with van der Waals surface area (Å²) in [5.41, 5.74) is 0. The van der Waals surface area contributed by atoms with E-state index in [1.54, 1.807) is 7.11 Å². The van der Waals surface area contributed by atoms with Crippen LogP contribution in [0.25, 0.3) is 0 Å². The van der Waals surface area contributed by atoms with Crippen LogP contribution >= 0.6 is 11.6 Å². The van der Waals surface area contributed by atoms with Crippen LogP contribution in [0.1, 0.15) is 25.7 Å². The second-order valence-electron chi connectivity index (χ2n) is 5.19. The van der Waals surface area contributed by atoms with E-state index in [4.69, 9.17) is 21.1 Å². The maximum Gasteiger partial charge on any atom is 0.119 e. The Morgan fingerprint density at radius 2 is 1.95 bits per heavy atom. The standard InChI is InChI=1S/C16H24ClNO2/c1-19-15-5-7-16(8-6-15)20-13-12-18-11-3-2-4-14(18)9-10-17/h5-8,14H,2-4,9-13H2,1H3. The smallest absolute Gasteiger partial charge is 0.119 e. The average molecular weight is 298 g/mol. The van der Waals surface area contributed by atoms with Crippen LogP contribution in [-0.4, -0.2) is 43.6 Å². The molecule has 0 aliphatic carbocycles. The maximum atomic E-state index is 5.89. The van der Waals surface area contributed by atoms with Gasteiger partial charge in [0.05, 0.1) is 7.11 Å². The molecule has 1 unspecified atom stereocenters. The Kier molecular flexibility index (Phi) is 6.48. The second kappa shape index (κ2) is 8.38. The van der Waals surface area contributed by atoms with Gasteiger partial charge < -0.3 is 9.47 Å². The van der Waals surface area contributed by atoms with Gasteiger partial charge in [0.15, 0.2) is 0 Å². The highest BCUT2D eigenvalue weighted by atomic mass is 35.5. The van der Waals surface area contributed by atoms with Gasteiger partial charge in [0.25, 0.3) is 0 Å². The lowest BCUT2D eigenvalue weighted by atomic mass is 10.0. The number of methoxy groups -OCH3 is 1. The summed E-state index contributed by atoms with van der Waals surface area (Å²) in [5.74, 6) is 2.51. The summed E-state index contributed by atoms with van der Waals surface area (Å²) >= 11 is 5.89. The summed E-state index contributed by atoms with van der Waals surface area (Å²) in [7, 11) is 1.67. The summed E-state index contributed by atoms with van der Waals surface area (Å²) in [6.45, 7) is 2.88. The number of benzene rings is 1. The zero-order chi connectivity index (χ0) is 14.2. The van der Waals surface area contributed by atoms with Crippen molar-refractivity contribution in [3.63, 3.8) is 0 Å². The summed E-state index contributed by atoms with van der Waals surface area (Å²) in [4.78, 5) is 2.52. The second-order valence-corrected chi connectivity index (χ2v) is 5.57. The largest absolute Gasteiger partial charge is 0.497 e. The van der Waals surface area contributed by atoms with Crippen molar-refractivity contribution in [2.75, 3.05) is 32.7 Å². The highest BCUT2D eigenvalue weighted by Gasteiger charge is 2.21. The van der Waals surface area contributed by atoms with E-state index in [0.717, 1.165) is 37.0 Å². The first kappa shape index (κ1) is 15.5. The zero-order valence-electron chi connectivity index (χ0n) is 12.2. The van der Waals surface area contributed by atoms with Gasteiger partial charge in [-0.2, -0.15) is 0 Å². The molecule has 0 radical (unpaired) electrons. The summed E-state index contributed by atoms with van der Waals surface area (Å²) in [6.07, 6.45) is 4.98. The van der Waals surface area contributed by atoms with Crippen molar-refractivity contribution in [2.24, 2.45) is 0 Å². The fourth-order valence-corrected chi connectivity index (χ4v) is 3.01. The number of hydrogen-bond acceptors (Lipinski definition) is 3. The number of nitrogens with zero attached hydrogens (tertiary/aromatic N) is 1. The molecule has 0 spiro atoms. The molecule has 0 saturated carbocycles. The average Bonchev–Trinajstić information content (AvgIpc) is 2.50. The zero-order valence-corrected chi connectivity index (χ0v) is 12.9. The lowest BCUT2D eigenvalue weighted by Gasteiger charge is -2.35. The predicted octanol–water partition coefficient (Wildman–Crippen LogP) is 3.56. The van der Waals surface area contributed by atoms with Gasteiger partial charge in [0.2, 0.25) is 0 Å². The Morgan fingerprint density at radius 1 is 1.20 bits per heavy atom. The first-order chi connectivity index (χ1) is 9.83. The summed E-state index contributed by atoms with van der Waals surface area (Å²) < 4.78 is 10.9. The molecule has 2 rings (SSSR count). The van der Waals surface area contributed by atoms with E-state index in [0.29, 0.717) is 6.04 Å². The van der Waals surface area contributed by atoms with Gasteiger partial charge in [-0.15, -0.1) is 11.6 Å². The molecular formula is C16H24ClNO2. The van der Waals surface area contributed by atoms with Crippen molar-refractivity contribution >= 4 is 11.6 Å². The van der Waals surface area contributed by atoms with Crippen molar-refractivity contribution in [1.29, 1.82) is 0 Å². The van der Waals surface area contributed by atoms with Gasteiger partial charge in [-0.25, -0.2) is 0 Å². The Hall–Kier alpha value is -0.930. The maximum absolute atomic E-state index is 5.89. The van der Waals surface area contributed by atoms with E-state index in [1.165, 1.54) is 25.8 Å². The number of likely N-dealkylation sites (tertiary alicyclic amines) is 1. The molecule has 1 aromatic carbocycles. The van der Waals surface area contributed by atoms with Crippen molar-refractivity contribution in [3.05, 3.63) is 24.3 Å². The molecule has 1 aromatic rings. The normalized spacial score (nSPS) is 19.8. The summed E-state index contributed by atoms with van der Waals surface area (Å²) in [6, 6.07) is 8.39. The predicted molar refractivity (Wildman–Crippen MR) is 83.0 cm³/mol. The lowest BCUT2D eigenvalue weighted by molar-refractivity contribution is 0.120. The van der Waals surface area contributed by atoms with Crippen molar-refractivity contribution in [2.45, 2.75) is 31.7 Å². The number of alkyl halides is 1. The van der Waals surface area contributed by atoms with E-state index in [9.17, 15) is 0 Å². The molecule has 1 atom stereocenters. The van der Waals surface area contributed by atoms with E-state index in [2.05, 4.69) is 4.90 Å². The third kappa shape index (κ3) is 4.57. The number of halogens is 1. The minimum atomic E-state index is 0.640. The van der Waals surface area contributed by atoms with Gasteiger partial charge in [-0.05, 0) is 50.1 Å². The number of hydrogen-bond donors (Lipinski definition) is 0. The highest BCUT2D eigenvalue weighted by molar-refractivity contribution is 6.17. The van der Waals surface area contributed by atoms with Crippen LogP contribution in [0.2, 0.25) is 0 Å². The van der Waals surface area contributed by atoms with E-state index >= 15 is 0 Å². The number of rotatable bonds is 7. The first-order valence-electron chi connectivity index (χ1n) is 7.40. The van der Waals surface area contributed by atoms with E-state index < -0.39 is 0 Å². The monoisotopic (exact) mass is 297 g/mol. The van der Waals surface area contributed by atoms with Crippen LogP contribution in [0.4, 0.5) is 0 Å². The molecule has 1 aliphatic heterocycles. The first-order valence-corrected chi connectivity index (χ1v) is 7.94. The molecule has 1 heterocycles. The van der Waals surface area contributed by atoms with Crippen LogP contribution in [0, 0.1) is 0 Å². The molecule has 0 bridgehead atoms. The van der Waals surface area contributed by atoms with Crippen molar-refractivity contribution in [3.8, 4) is 11.5 Å². The van der Waals surface area contributed by atoms with Crippen LogP contribution in [-0.2, 0) is 0 Å². The molecule has 0 aromatic heterocycles. The molecule has 0 amide bonds. The van der Waals surface area contributed by atoms with Gasteiger partial charge in [0, 0.05) is 18.5 Å². The Labute approximate surface area is 126 Å². The van der Waals surface area contributed by atoms with Gasteiger partial charge in [-0.1, -0.05) is 6.42 Å². The van der Waals surface area contributed by atoms with Crippen LogP contribution in [0.5, 0.6) is 11.5 Å². The van der Waals surface area contributed by atoms with Gasteiger partial charge in [0.1, 0.15) is 18.1 Å². The fourth-order valence-electron chi connectivity index (χ4n) is 2.76. The third-order valence-corrected chi connectivity index (χ3v) is 4.12. The topological polar surface area (TPSA) is 21.7 Å². The Bertz CT molecular complexity index is 381. The number of ether oxygens (including phenoxy) is 2. The van der Waals surface area contributed by atoms with E-state index in [-0.39, 0.29) is 0 Å².